The molecule has 0 aliphatic carbocycles. The fourth-order valence-corrected chi connectivity index (χ4v) is 2.44. The highest BCUT2D eigenvalue weighted by molar-refractivity contribution is 7.89. The van der Waals surface area contributed by atoms with Gasteiger partial charge >= 0.3 is 0 Å². The minimum absolute atomic E-state index is 0. The van der Waals surface area contributed by atoms with Gasteiger partial charge in [0.1, 0.15) is 16.5 Å². The molecule has 19 heavy (non-hydrogen) atoms. The van der Waals surface area contributed by atoms with Crippen molar-refractivity contribution in [1.29, 1.82) is 0 Å². The number of sulfonamides is 1. The summed E-state index contributed by atoms with van der Waals surface area (Å²) >= 11 is 0. The summed E-state index contributed by atoms with van der Waals surface area (Å²) in [5.41, 5.74) is 0. The second-order valence-corrected chi connectivity index (χ2v) is 5.46. The molecule has 0 amide bonds. The minimum Gasteiger partial charge on any atom is -0.315 e. The van der Waals surface area contributed by atoms with Gasteiger partial charge in [-0.2, -0.15) is 0 Å². The Balaban J connectivity index is 0.00000324. The van der Waals surface area contributed by atoms with E-state index in [0.29, 0.717) is 12.6 Å². The number of nitrogens with one attached hydrogen (secondary N) is 2. The summed E-state index contributed by atoms with van der Waals surface area (Å²) < 4.78 is 51.6. The Bertz CT molecular complexity index is 497. The molecule has 0 spiro atoms. The highest BCUT2D eigenvalue weighted by Crippen LogP contribution is 2.14. The van der Waals surface area contributed by atoms with Gasteiger partial charge in [-0.1, -0.05) is 6.92 Å². The van der Waals surface area contributed by atoms with Crippen LogP contribution in [-0.2, 0) is 10.0 Å². The molecular formula is C11H17ClF2N2O2S. The Hall–Kier alpha value is -0.760. The zero-order valence-electron chi connectivity index (χ0n) is 10.4. The molecule has 0 saturated carbocycles. The van der Waals surface area contributed by atoms with Crippen molar-refractivity contribution < 1.29 is 17.2 Å². The lowest BCUT2D eigenvalue weighted by atomic mass is 10.3. The predicted octanol–water partition coefficient (Wildman–Crippen LogP) is 1.66. The number of hydrogen-bond acceptors (Lipinski definition) is 3. The third-order valence-corrected chi connectivity index (χ3v) is 3.70. The van der Waals surface area contributed by atoms with Gasteiger partial charge in [0.25, 0.3) is 0 Å². The topological polar surface area (TPSA) is 58.2 Å². The van der Waals surface area contributed by atoms with Gasteiger partial charge in [-0.3, -0.25) is 0 Å². The number of benzene rings is 1. The first-order valence-corrected chi connectivity index (χ1v) is 7.11. The first-order valence-electron chi connectivity index (χ1n) is 5.63. The Kier molecular flexibility index (Phi) is 8.08. The van der Waals surface area contributed by atoms with E-state index in [4.69, 9.17) is 0 Å². The lowest BCUT2D eigenvalue weighted by molar-refractivity contribution is 0.541. The summed E-state index contributed by atoms with van der Waals surface area (Å²) in [5.74, 6) is -1.90. The van der Waals surface area contributed by atoms with Crippen LogP contribution >= 0.6 is 12.4 Å². The largest absolute Gasteiger partial charge is 0.315 e. The van der Waals surface area contributed by atoms with E-state index in [2.05, 4.69) is 10.0 Å². The third kappa shape index (κ3) is 5.82. The smallest absolute Gasteiger partial charge is 0.243 e. The first kappa shape index (κ1) is 18.2. The summed E-state index contributed by atoms with van der Waals surface area (Å²) in [6.07, 6.45) is 0.944. The van der Waals surface area contributed by atoms with Crippen molar-refractivity contribution in [2.75, 3.05) is 19.6 Å². The maximum atomic E-state index is 13.3. The van der Waals surface area contributed by atoms with Crippen LogP contribution in [0.4, 0.5) is 8.78 Å². The second-order valence-electron chi connectivity index (χ2n) is 3.72. The van der Waals surface area contributed by atoms with Crippen molar-refractivity contribution in [2.24, 2.45) is 0 Å². The van der Waals surface area contributed by atoms with Crippen LogP contribution in [0.15, 0.2) is 23.1 Å². The summed E-state index contributed by atoms with van der Waals surface area (Å²) in [4.78, 5) is -0.542. The fourth-order valence-electron chi connectivity index (χ4n) is 1.35. The molecule has 0 unspecified atom stereocenters. The van der Waals surface area contributed by atoms with E-state index in [1.54, 1.807) is 0 Å². The van der Waals surface area contributed by atoms with Crippen LogP contribution in [0.2, 0.25) is 0 Å². The van der Waals surface area contributed by atoms with Crippen molar-refractivity contribution in [2.45, 2.75) is 18.2 Å². The number of rotatable bonds is 7. The van der Waals surface area contributed by atoms with Crippen molar-refractivity contribution in [3.05, 3.63) is 29.8 Å². The molecule has 4 nitrogen and oxygen atoms in total. The highest BCUT2D eigenvalue weighted by Gasteiger charge is 2.18. The molecule has 1 rings (SSSR count). The van der Waals surface area contributed by atoms with Crippen LogP contribution in [-0.4, -0.2) is 28.1 Å². The highest BCUT2D eigenvalue weighted by atomic mass is 35.5. The predicted molar refractivity (Wildman–Crippen MR) is 72.0 cm³/mol. The van der Waals surface area contributed by atoms with Gasteiger partial charge in [0.2, 0.25) is 10.0 Å². The zero-order chi connectivity index (χ0) is 13.6. The van der Waals surface area contributed by atoms with Crippen LogP contribution < -0.4 is 10.0 Å². The molecule has 0 radical (unpaired) electrons. The molecule has 2 N–H and O–H groups in total. The first-order chi connectivity index (χ1) is 8.47. The molecule has 0 saturated heterocycles. The Morgan fingerprint density at radius 3 is 2.42 bits per heavy atom. The van der Waals surface area contributed by atoms with Gasteiger partial charge in [-0.25, -0.2) is 21.9 Å². The molecule has 0 atom stereocenters. The molecule has 0 heterocycles. The van der Waals surface area contributed by atoms with E-state index < -0.39 is 26.6 Å². The Morgan fingerprint density at radius 1 is 1.16 bits per heavy atom. The van der Waals surface area contributed by atoms with Crippen LogP contribution in [0.5, 0.6) is 0 Å². The zero-order valence-corrected chi connectivity index (χ0v) is 12.1. The molecular weight excluding hydrogens is 298 g/mol. The maximum Gasteiger partial charge on any atom is 0.243 e. The van der Waals surface area contributed by atoms with Gasteiger partial charge < -0.3 is 5.32 Å². The molecule has 1 aromatic rings. The molecule has 8 heteroatoms. The molecule has 110 valence electrons. The standard InChI is InChI=1S/C11H16F2N2O2S.ClH/c1-2-5-14-6-7-15-18(16,17)11-4-3-9(12)8-10(11)13;/h3-4,8,14-15H,2,5-7H2,1H3;1H. The lowest BCUT2D eigenvalue weighted by Crippen LogP contribution is -2.32. The second kappa shape index (κ2) is 8.42. The van der Waals surface area contributed by atoms with Crippen LogP contribution in [0.25, 0.3) is 0 Å². The summed E-state index contributed by atoms with van der Waals surface area (Å²) in [6, 6.07) is 2.36. The average Bonchev–Trinajstić information content (AvgIpc) is 2.28. The van der Waals surface area contributed by atoms with Crippen LogP contribution in [0, 0.1) is 11.6 Å². The van der Waals surface area contributed by atoms with E-state index in [-0.39, 0.29) is 19.0 Å². The number of hydrogen-bond donors (Lipinski definition) is 2. The summed E-state index contributed by atoms with van der Waals surface area (Å²) in [5, 5.41) is 3.00. The van der Waals surface area contributed by atoms with Crippen LogP contribution in [0.3, 0.4) is 0 Å². The van der Waals surface area contributed by atoms with E-state index >= 15 is 0 Å². The van der Waals surface area contributed by atoms with Gasteiger partial charge in [0, 0.05) is 19.2 Å². The molecule has 0 aromatic heterocycles. The Labute approximate surface area is 118 Å². The van der Waals surface area contributed by atoms with E-state index in [9.17, 15) is 17.2 Å². The number of halogens is 3. The lowest BCUT2D eigenvalue weighted by Gasteiger charge is -2.08. The maximum absolute atomic E-state index is 13.3. The van der Waals surface area contributed by atoms with Gasteiger partial charge in [0.15, 0.2) is 0 Å². The molecule has 0 aliphatic rings. The van der Waals surface area contributed by atoms with E-state index in [0.717, 1.165) is 25.1 Å². The monoisotopic (exact) mass is 314 g/mol. The molecule has 0 aliphatic heterocycles. The molecule has 0 bridgehead atoms. The quantitative estimate of drug-likeness (QED) is 0.753. The van der Waals surface area contributed by atoms with Crippen molar-refractivity contribution in [3.63, 3.8) is 0 Å². The van der Waals surface area contributed by atoms with E-state index in [1.165, 1.54) is 0 Å². The van der Waals surface area contributed by atoms with Gasteiger partial charge in [0.05, 0.1) is 0 Å². The van der Waals surface area contributed by atoms with Gasteiger partial charge in [-0.05, 0) is 25.1 Å². The molecule has 1 aromatic carbocycles. The van der Waals surface area contributed by atoms with E-state index in [1.807, 2.05) is 6.92 Å². The average molecular weight is 315 g/mol. The summed E-state index contributed by atoms with van der Waals surface area (Å²) in [6.45, 7) is 3.38. The SMILES string of the molecule is CCCNCCNS(=O)(=O)c1ccc(F)cc1F.Cl. The van der Waals surface area contributed by atoms with Crippen molar-refractivity contribution in [3.8, 4) is 0 Å². The van der Waals surface area contributed by atoms with Crippen LogP contribution in [0.1, 0.15) is 13.3 Å². The minimum atomic E-state index is -3.93. The van der Waals surface area contributed by atoms with Gasteiger partial charge in [-0.15, -0.1) is 12.4 Å². The normalized spacial score (nSPS) is 11.1. The molecule has 0 fully saturated rings. The summed E-state index contributed by atoms with van der Waals surface area (Å²) in [7, 11) is -3.93. The Morgan fingerprint density at radius 2 is 1.84 bits per heavy atom. The van der Waals surface area contributed by atoms with Crippen molar-refractivity contribution in [1.82, 2.24) is 10.0 Å². The van der Waals surface area contributed by atoms with Crippen molar-refractivity contribution >= 4 is 22.4 Å². The third-order valence-electron chi connectivity index (χ3n) is 2.20. The fraction of sp³-hybridized carbons (Fsp3) is 0.455.